The van der Waals surface area contributed by atoms with Crippen LogP contribution in [-0.4, -0.2) is 28.7 Å². The van der Waals surface area contributed by atoms with E-state index in [0.717, 1.165) is 17.7 Å². The van der Waals surface area contributed by atoms with Gasteiger partial charge in [-0.3, -0.25) is 19.2 Å². The van der Waals surface area contributed by atoms with Gasteiger partial charge in [0.05, 0.1) is 11.4 Å². The van der Waals surface area contributed by atoms with Crippen molar-refractivity contribution in [1.29, 1.82) is 0 Å². The Labute approximate surface area is 148 Å². The van der Waals surface area contributed by atoms with Crippen molar-refractivity contribution in [3.63, 3.8) is 0 Å². The molecular formula is C17H15N3O5S. The molecule has 134 valence electrons. The van der Waals surface area contributed by atoms with Crippen molar-refractivity contribution in [3.05, 3.63) is 82.1 Å². The summed E-state index contributed by atoms with van der Waals surface area (Å²) in [6.45, 7) is 0.332. The van der Waals surface area contributed by atoms with Crippen molar-refractivity contribution in [2.45, 2.75) is 11.4 Å². The van der Waals surface area contributed by atoms with Crippen LogP contribution in [0.5, 0.6) is 0 Å². The van der Waals surface area contributed by atoms with E-state index in [9.17, 15) is 18.0 Å². The van der Waals surface area contributed by atoms with Crippen LogP contribution in [0, 0.1) is 0 Å². The van der Waals surface area contributed by atoms with E-state index in [1.165, 1.54) is 22.9 Å². The first-order chi connectivity index (χ1) is 12.3. The summed E-state index contributed by atoms with van der Waals surface area (Å²) >= 11 is 0. The molecule has 3 rings (SSSR count). The van der Waals surface area contributed by atoms with Crippen LogP contribution in [0.15, 0.2) is 70.4 Å². The molecule has 0 saturated carbocycles. The van der Waals surface area contributed by atoms with Gasteiger partial charge in [-0.15, -0.1) is 0 Å². The standard InChI is InChI=1S/C17H15N3O5S/c21-16-10-15(19-20(16)11-12-4-2-1-3-5-12)18-17(22)13-6-8-14(9-7-13)26(23,24)25/h1-10,19H,11H2,(H,18,22)(H,23,24,25). The van der Waals surface area contributed by atoms with E-state index in [1.54, 1.807) is 0 Å². The van der Waals surface area contributed by atoms with Crippen LogP contribution in [-0.2, 0) is 16.7 Å². The zero-order chi connectivity index (χ0) is 18.7. The molecule has 0 unspecified atom stereocenters. The van der Waals surface area contributed by atoms with Gasteiger partial charge in [-0.2, -0.15) is 8.42 Å². The van der Waals surface area contributed by atoms with E-state index in [0.29, 0.717) is 6.54 Å². The van der Waals surface area contributed by atoms with Gasteiger partial charge in [-0.25, -0.2) is 4.68 Å². The number of hydrogen-bond acceptors (Lipinski definition) is 4. The number of rotatable bonds is 5. The summed E-state index contributed by atoms with van der Waals surface area (Å²) in [6.07, 6.45) is 0. The first kappa shape index (κ1) is 17.6. The zero-order valence-electron chi connectivity index (χ0n) is 13.4. The van der Waals surface area contributed by atoms with E-state index >= 15 is 0 Å². The number of H-pyrrole nitrogens is 1. The predicted molar refractivity (Wildman–Crippen MR) is 94.8 cm³/mol. The van der Waals surface area contributed by atoms with Crippen LogP contribution in [0.3, 0.4) is 0 Å². The lowest BCUT2D eigenvalue weighted by Gasteiger charge is -2.05. The number of carbonyl (C=O) groups excluding carboxylic acids is 1. The lowest BCUT2D eigenvalue weighted by Crippen LogP contribution is -2.16. The highest BCUT2D eigenvalue weighted by Gasteiger charge is 2.13. The molecule has 0 saturated heterocycles. The van der Waals surface area contributed by atoms with E-state index in [1.807, 2.05) is 30.3 Å². The van der Waals surface area contributed by atoms with Crippen LogP contribution in [0.2, 0.25) is 0 Å². The summed E-state index contributed by atoms with van der Waals surface area (Å²) in [4.78, 5) is 23.9. The lowest BCUT2D eigenvalue weighted by atomic mass is 10.2. The number of nitrogens with one attached hydrogen (secondary N) is 2. The van der Waals surface area contributed by atoms with Crippen LogP contribution in [0.25, 0.3) is 0 Å². The van der Waals surface area contributed by atoms with Crippen LogP contribution in [0.4, 0.5) is 5.82 Å². The third kappa shape index (κ3) is 4.08. The molecule has 0 aliphatic carbocycles. The molecule has 0 atom stereocenters. The van der Waals surface area contributed by atoms with Gasteiger partial charge in [-0.05, 0) is 29.8 Å². The molecule has 8 nitrogen and oxygen atoms in total. The van der Waals surface area contributed by atoms with Gasteiger partial charge in [0.2, 0.25) is 0 Å². The van der Waals surface area contributed by atoms with Crippen molar-refractivity contribution in [2.75, 3.05) is 5.32 Å². The van der Waals surface area contributed by atoms with Crippen molar-refractivity contribution < 1.29 is 17.8 Å². The summed E-state index contributed by atoms with van der Waals surface area (Å²) in [5, 5.41) is 5.34. The fraction of sp³-hybridized carbons (Fsp3) is 0.0588. The first-order valence-corrected chi connectivity index (χ1v) is 8.99. The maximum absolute atomic E-state index is 12.2. The summed E-state index contributed by atoms with van der Waals surface area (Å²) in [7, 11) is -4.32. The molecular weight excluding hydrogens is 358 g/mol. The molecule has 1 amide bonds. The highest BCUT2D eigenvalue weighted by Crippen LogP contribution is 2.11. The molecule has 2 aromatic carbocycles. The summed E-state index contributed by atoms with van der Waals surface area (Å²) in [6, 6.07) is 15.4. The van der Waals surface area contributed by atoms with Gasteiger partial charge in [0, 0.05) is 11.6 Å². The molecule has 0 fully saturated rings. The normalized spacial score (nSPS) is 11.3. The number of anilines is 1. The quantitative estimate of drug-likeness (QED) is 0.588. The Morgan fingerprint density at radius 3 is 2.35 bits per heavy atom. The van der Waals surface area contributed by atoms with Gasteiger partial charge in [0.25, 0.3) is 21.6 Å². The number of aromatic amines is 1. The highest BCUT2D eigenvalue weighted by atomic mass is 32.2. The summed E-state index contributed by atoms with van der Waals surface area (Å²) in [5.41, 5.74) is 0.801. The maximum Gasteiger partial charge on any atom is 0.294 e. The molecule has 1 heterocycles. The van der Waals surface area contributed by atoms with Gasteiger partial charge in [0.1, 0.15) is 5.82 Å². The average molecular weight is 373 g/mol. The van der Waals surface area contributed by atoms with Crippen molar-refractivity contribution in [2.24, 2.45) is 0 Å². The van der Waals surface area contributed by atoms with Crippen LogP contribution < -0.4 is 10.9 Å². The number of carbonyl (C=O) groups is 1. The second kappa shape index (κ2) is 6.98. The Bertz CT molecular complexity index is 1080. The van der Waals surface area contributed by atoms with E-state index < -0.39 is 16.0 Å². The predicted octanol–water partition coefficient (Wildman–Crippen LogP) is 1.72. The van der Waals surface area contributed by atoms with Gasteiger partial charge in [0.15, 0.2) is 0 Å². The molecule has 3 N–H and O–H groups in total. The largest absolute Gasteiger partial charge is 0.307 e. The average Bonchev–Trinajstić information content (AvgIpc) is 2.94. The molecule has 3 aromatic rings. The van der Waals surface area contributed by atoms with Crippen molar-refractivity contribution in [3.8, 4) is 0 Å². The zero-order valence-corrected chi connectivity index (χ0v) is 14.2. The van der Waals surface area contributed by atoms with Gasteiger partial charge < -0.3 is 5.32 Å². The number of hydrogen-bond donors (Lipinski definition) is 3. The summed E-state index contributed by atoms with van der Waals surface area (Å²) < 4.78 is 32.3. The van der Waals surface area contributed by atoms with Gasteiger partial charge >= 0.3 is 0 Å². The van der Waals surface area contributed by atoms with E-state index in [2.05, 4.69) is 10.4 Å². The molecule has 0 spiro atoms. The fourth-order valence-electron chi connectivity index (χ4n) is 2.35. The third-order valence-corrected chi connectivity index (χ3v) is 4.50. The monoisotopic (exact) mass is 373 g/mol. The van der Waals surface area contributed by atoms with E-state index in [4.69, 9.17) is 4.55 Å². The Balaban J connectivity index is 1.74. The second-order valence-electron chi connectivity index (χ2n) is 5.53. The van der Waals surface area contributed by atoms with Crippen molar-refractivity contribution >= 4 is 21.8 Å². The molecule has 1 aromatic heterocycles. The van der Waals surface area contributed by atoms with Crippen LogP contribution in [0.1, 0.15) is 15.9 Å². The second-order valence-corrected chi connectivity index (χ2v) is 6.95. The Kier molecular flexibility index (Phi) is 4.74. The minimum absolute atomic E-state index is 0.175. The van der Waals surface area contributed by atoms with Gasteiger partial charge in [-0.1, -0.05) is 30.3 Å². The Morgan fingerprint density at radius 1 is 1.08 bits per heavy atom. The minimum Gasteiger partial charge on any atom is -0.307 e. The Hall–Kier alpha value is -3.17. The van der Waals surface area contributed by atoms with Crippen molar-refractivity contribution in [1.82, 2.24) is 9.78 Å². The van der Waals surface area contributed by atoms with Crippen LogP contribution >= 0.6 is 0 Å². The first-order valence-electron chi connectivity index (χ1n) is 7.55. The number of aromatic nitrogens is 2. The number of amides is 1. The SMILES string of the molecule is O=C(Nc1cc(=O)n(Cc2ccccc2)[nH]1)c1ccc(S(=O)(=O)O)cc1. The summed E-state index contributed by atoms with van der Waals surface area (Å²) in [5.74, 6) is -0.310. The Morgan fingerprint density at radius 2 is 1.73 bits per heavy atom. The molecule has 0 radical (unpaired) electrons. The number of nitrogens with zero attached hydrogens (tertiary/aromatic N) is 1. The molecule has 0 bridgehead atoms. The van der Waals surface area contributed by atoms with E-state index in [-0.39, 0.29) is 21.8 Å². The molecule has 26 heavy (non-hydrogen) atoms. The highest BCUT2D eigenvalue weighted by molar-refractivity contribution is 7.85. The number of benzene rings is 2. The maximum atomic E-state index is 12.2. The topological polar surface area (TPSA) is 121 Å². The lowest BCUT2D eigenvalue weighted by molar-refractivity contribution is 0.102. The fourth-order valence-corrected chi connectivity index (χ4v) is 2.83. The molecule has 0 aliphatic rings. The minimum atomic E-state index is -4.32. The smallest absolute Gasteiger partial charge is 0.294 e. The molecule has 0 aliphatic heterocycles. The third-order valence-electron chi connectivity index (χ3n) is 3.64. The molecule has 9 heteroatoms.